The van der Waals surface area contributed by atoms with Gasteiger partial charge in [0, 0.05) is 5.69 Å². The van der Waals surface area contributed by atoms with E-state index in [2.05, 4.69) is 10.5 Å². The van der Waals surface area contributed by atoms with Crippen LogP contribution in [0, 0.1) is 0 Å². The summed E-state index contributed by atoms with van der Waals surface area (Å²) in [7, 11) is 1.56. The van der Waals surface area contributed by atoms with Gasteiger partial charge >= 0.3 is 0 Å². The second-order valence-corrected chi connectivity index (χ2v) is 3.04. The molecule has 0 atom stereocenters. The summed E-state index contributed by atoms with van der Waals surface area (Å²) in [5, 5.41) is 13.6. The highest BCUT2D eigenvalue weighted by atomic mass is 16.5. The molecular formula is C10H13N3O3. The molecule has 0 aromatic heterocycles. The van der Waals surface area contributed by atoms with Gasteiger partial charge in [0.05, 0.1) is 13.5 Å². The van der Waals surface area contributed by atoms with Gasteiger partial charge in [-0.3, -0.25) is 4.79 Å². The van der Waals surface area contributed by atoms with Gasteiger partial charge in [-0.05, 0) is 24.3 Å². The minimum atomic E-state index is -0.347. The largest absolute Gasteiger partial charge is 0.497 e. The van der Waals surface area contributed by atoms with Gasteiger partial charge in [-0.25, -0.2) is 0 Å². The maximum atomic E-state index is 11.3. The summed E-state index contributed by atoms with van der Waals surface area (Å²) in [6.45, 7) is 0. The Hall–Kier alpha value is -2.24. The molecule has 0 saturated carbocycles. The summed E-state index contributed by atoms with van der Waals surface area (Å²) in [5.74, 6) is 0.223. The van der Waals surface area contributed by atoms with Crippen molar-refractivity contribution in [3.63, 3.8) is 0 Å². The molecule has 16 heavy (non-hydrogen) atoms. The van der Waals surface area contributed by atoms with Gasteiger partial charge in [-0.15, -0.1) is 0 Å². The van der Waals surface area contributed by atoms with Crippen molar-refractivity contribution < 1.29 is 14.7 Å². The first-order valence-corrected chi connectivity index (χ1v) is 4.56. The average Bonchev–Trinajstić information content (AvgIpc) is 2.29. The molecule has 0 saturated heterocycles. The first-order chi connectivity index (χ1) is 7.65. The number of hydrogen-bond donors (Lipinski definition) is 3. The maximum Gasteiger partial charge on any atom is 0.232 e. The summed E-state index contributed by atoms with van der Waals surface area (Å²) >= 11 is 0. The molecule has 0 aliphatic carbocycles. The molecule has 6 heteroatoms. The zero-order valence-electron chi connectivity index (χ0n) is 8.80. The number of nitrogens with zero attached hydrogens (tertiary/aromatic N) is 1. The molecule has 4 N–H and O–H groups in total. The molecule has 1 rings (SSSR count). The number of amides is 1. The fourth-order valence-electron chi connectivity index (χ4n) is 1.08. The predicted octanol–water partition coefficient (Wildman–Crippen LogP) is 0.770. The Bertz CT molecular complexity index is 387. The van der Waals surface area contributed by atoms with Crippen LogP contribution in [0.2, 0.25) is 0 Å². The molecule has 1 aromatic carbocycles. The van der Waals surface area contributed by atoms with Crippen LogP contribution in [0.15, 0.2) is 29.4 Å². The number of rotatable bonds is 4. The number of amidine groups is 1. The van der Waals surface area contributed by atoms with Crippen molar-refractivity contribution in [2.45, 2.75) is 6.42 Å². The van der Waals surface area contributed by atoms with Gasteiger partial charge in [-0.1, -0.05) is 5.16 Å². The summed E-state index contributed by atoms with van der Waals surface area (Å²) in [6, 6.07) is 6.84. The van der Waals surface area contributed by atoms with Crippen LogP contribution in [0.5, 0.6) is 5.75 Å². The van der Waals surface area contributed by atoms with Gasteiger partial charge < -0.3 is 21.0 Å². The number of oxime groups is 1. The van der Waals surface area contributed by atoms with Crippen molar-refractivity contribution in [2.24, 2.45) is 10.9 Å². The van der Waals surface area contributed by atoms with E-state index in [1.54, 1.807) is 31.4 Å². The van der Waals surface area contributed by atoms with E-state index in [0.29, 0.717) is 11.4 Å². The number of carbonyl (C=O) groups excluding carboxylic acids is 1. The first-order valence-electron chi connectivity index (χ1n) is 4.56. The summed E-state index contributed by atoms with van der Waals surface area (Å²) < 4.78 is 4.97. The first kappa shape index (κ1) is 11.8. The minimum absolute atomic E-state index is 0.133. The molecule has 0 unspecified atom stereocenters. The van der Waals surface area contributed by atoms with E-state index in [9.17, 15) is 4.79 Å². The van der Waals surface area contributed by atoms with Gasteiger partial charge in [0.2, 0.25) is 5.91 Å². The molecule has 0 bridgehead atoms. The SMILES string of the molecule is COc1ccc(NC(=O)CC(N)=NO)cc1. The van der Waals surface area contributed by atoms with Crippen LogP contribution in [0.1, 0.15) is 6.42 Å². The third-order valence-corrected chi connectivity index (χ3v) is 1.84. The summed E-state index contributed by atoms with van der Waals surface area (Å²) in [5.41, 5.74) is 5.81. The fourth-order valence-corrected chi connectivity index (χ4v) is 1.08. The highest BCUT2D eigenvalue weighted by molar-refractivity contribution is 6.04. The van der Waals surface area contributed by atoms with E-state index < -0.39 is 0 Å². The Balaban J connectivity index is 2.56. The van der Waals surface area contributed by atoms with Crippen LogP contribution in [0.3, 0.4) is 0 Å². The monoisotopic (exact) mass is 223 g/mol. The molecule has 0 radical (unpaired) electrons. The highest BCUT2D eigenvalue weighted by Gasteiger charge is 2.05. The number of ether oxygens (including phenoxy) is 1. The lowest BCUT2D eigenvalue weighted by Gasteiger charge is -2.05. The Labute approximate surface area is 92.7 Å². The Morgan fingerprint density at radius 2 is 2.12 bits per heavy atom. The van der Waals surface area contributed by atoms with Gasteiger partial charge in [0.25, 0.3) is 0 Å². The average molecular weight is 223 g/mol. The number of methoxy groups -OCH3 is 1. The van der Waals surface area contributed by atoms with Gasteiger partial charge in [0.1, 0.15) is 11.6 Å². The van der Waals surface area contributed by atoms with Crippen LogP contribution in [-0.2, 0) is 4.79 Å². The Morgan fingerprint density at radius 3 is 2.62 bits per heavy atom. The molecule has 0 spiro atoms. The molecule has 86 valence electrons. The van der Waals surface area contributed by atoms with E-state index in [4.69, 9.17) is 15.7 Å². The lowest BCUT2D eigenvalue weighted by Crippen LogP contribution is -2.21. The van der Waals surface area contributed by atoms with E-state index in [-0.39, 0.29) is 18.2 Å². The standard InChI is InChI=1S/C10H13N3O3/c1-16-8-4-2-7(3-5-8)12-10(14)6-9(11)13-15/h2-5,15H,6H2,1H3,(H2,11,13)(H,12,14). The van der Waals surface area contributed by atoms with E-state index in [1.807, 2.05) is 0 Å². The number of nitrogens with one attached hydrogen (secondary N) is 1. The fraction of sp³-hybridized carbons (Fsp3) is 0.200. The minimum Gasteiger partial charge on any atom is -0.497 e. The molecule has 0 aliphatic rings. The third-order valence-electron chi connectivity index (χ3n) is 1.84. The van der Waals surface area contributed by atoms with E-state index in [0.717, 1.165) is 0 Å². The van der Waals surface area contributed by atoms with Crippen LogP contribution in [0.25, 0.3) is 0 Å². The van der Waals surface area contributed by atoms with Gasteiger partial charge in [-0.2, -0.15) is 0 Å². The lowest BCUT2D eigenvalue weighted by molar-refractivity contribution is -0.115. The number of anilines is 1. The van der Waals surface area contributed by atoms with Crippen LogP contribution >= 0.6 is 0 Å². The molecule has 0 aliphatic heterocycles. The van der Waals surface area contributed by atoms with Crippen molar-refractivity contribution in [1.82, 2.24) is 0 Å². The Kier molecular flexibility index (Phi) is 4.14. The summed E-state index contributed by atoms with van der Waals surface area (Å²) in [6.07, 6.45) is -0.150. The predicted molar refractivity (Wildman–Crippen MR) is 59.6 cm³/mol. The molecule has 0 heterocycles. The van der Waals surface area contributed by atoms with Crippen molar-refractivity contribution in [3.8, 4) is 5.75 Å². The number of nitrogens with two attached hydrogens (primary N) is 1. The smallest absolute Gasteiger partial charge is 0.232 e. The third kappa shape index (κ3) is 3.49. The topological polar surface area (TPSA) is 96.9 Å². The van der Waals surface area contributed by atoms with Crippen molar-refractivity contribution >= 4 is 17.4 Å². The van der Waals surface area contributed by atoms with Crippen LogP contribution in [-0.4, -0.2) is 24.1 Å². The lowest BCUT2D eigenvalue weighted by atomic mass is 10.3. The second kappa shape index (κ2) is 5.59. The molecule has 6 nitrogen and oxygen atoms in total. The van der Waals surface area contributed by atoms with E-state index >= 15 is 0 Å². The van der Waals surface area contributed by atoms with Crippen molar-refractivity contribution in [2.75, 3.05) is 12.4 Å². The molecule has 0 fully saturated rings. The Morgan fingerprint density at radius 1 is 1.50 bits per heavy atom. The van der Waals surface area contributed by atoms with Crippen molar-refractivity contribution in [1.29, 1.82) is 0 Å². The molecule has 1 amide bonds. The maximum absolute atomic E-state index is 11.3. The number of hydrogen-bond acceptors (Lipinski definition) is 4. The molecular weight excluding hydrogens is 210 g/mol. The quantitative estimate of drug-likeness (QED) is 0.304. The second-order valence-electron chi connectivity index (χ2n) is 3.04. The highest BCUT2D eigenvalue weighted by Crippen LogP contribution is 2.14. The van der Waals surface area contributed by atoms with Crippen LogP contribution < -0.4 is 15.8 Å². The van der Waals surface area contributed by atoms with Crippen LogP contribution in [0.4, 0.5) is 5.69 Å². The van der Waals surface area contributed by atoms with Crippen molar-refractivity contribution in [3.05, 3.63) is 24.3 Å². The van der Waals surface area contributed by atoms with E-state index in [1.165, 1.54) is 0 Å². The molecule has 1 aromatic rings. The number of benzene rings is 1. The van der Waals surface area contributed by atoms with Gasteiger partial charge in [0.15, 0.2) is 0 Å². The zero-order valence-corrected chi connectivity index (χ0v) is 8.80. The normalized spacial score (nSPS) is 10.9. The summed E-state index contributed by atoms with van der Waals surface area (Å²) in [4.78, 5) is 11.3. The number of carbonyl (C=O) groups is 1. The zero-order chi connectivity index (χ0) is 12.0.